The van der Waals surface area contributed by atoms with Crippen molar-refractivity contribution in [2.24, 2.45) is 0 Å². The van der Waals surface area contributed by atoms with Crippen molar-refractivity contribution in [1.82, 2.24) is 4.57 Å². The predicted octanol–water partition coefficient (Wildman–Crippen LogP) is 4.14. The quantitative estimate of drug-likeness (QED) is 0.270. The van der Waals surface area contributed by atoms with Crippen molar-refractivity contribution in [2.75, 3.05) is 0 Å². The highest BCUT2D eigenvalue weighted by Gasteiger charge is 2.51. The van der Waals surface area contributed by atoms with Gasteiger partial charge in [0.05, 0.1) is 10.4 Å². The summed E-state index contributed by atoms with van der Waals surface area (Å²) in [6.07, 6.45) is 0.0454. The first-order valence-electron chi connectivity index (χ1n) is 12.0. The minimum absolute atomic E-state index is 0.0202. The Labute approximate surface area is 218 Å². The Bertz CT molecular complexity index is 1530. The normalized spacial score (nSPS) is 16.8. The monoisotopic (exact) mass is 512 g/mol. The van der Waals surface area contributed by atoms with E-state index < -0.39 is 29.7 Å². The van der Waals surface area contributed by atoms with E-state index in [1.807, 2.05) is 24.3 Å². The molecule has 0 saturated carbocycles. The van der Waals surface area contributed by atoms with Crippen LogP contribution in [0, 0.1) is 5.21 Å². The zero-order chi connectivity index (χ0) is 26.6. The Hall–Kier alpha value is -4.92. The van der Waals surface area contributed by atoms with Gasteiger partial charge in [0.1, 0.15) is 19.1 Å². The van der Waals surface area contributed by atoms with Gasteiger partial charge in [-0.2, -0.15) is 0 Å². The van der Waals surface area contributed by atoms with Gasteiger partial charge in [-0.25, -0.2) is 4.79 Å². The SMILES string of the molecule is CC(=O)n1cc([C@H]2C(C(=O)OCc3ccccc3)=[N+]([O-])O[C@@H]2C(=O)OCc2ccccc2)c2ccccc21. The summed E-state index contributed by atoms with van der Waals surface area (Å²) in [5, 5.41) is 13.5. The average Bonchev–Trinajstić information content (AvgIpc) is 3.49. The van der Waals surface area contributed by atoms with Crippen LogP contribution in [0.5, 0.6) is 0 Å². The van der Waals surface area contributed by atoms with Crippen LogP contribution in [0.3, 0.4) is 0 Å². The minimum Gasteiger partial charge on any atom is -0.460 e. The van der Waals surface area contributed by atoms with Crippen molar-refractivity contribution in [3.05, 3.63) is 113 Å². The van der Waals surface area contributed by atoms with Crippen molar-refractivity contribution in [3.8, 4) is 0 Å². The summed E-state index contributed by atoms with van der Waals surface area (Å²) in [7, 11) is 0. The van der Waals surface area contributed by atoms with E-state index in [2.05, 4.69) is 0 Å². The van der Waals surface area contributed by atoms with Crippen LogP contribution in [0.1, 0.15) is 34.3 Å². The Morgan fingerprint density at radius 1 is 0.868 bits per heavy atom. The number of carbonyl (C=O) groups excluding carboxylic acids is 3. The molecule has 1 aliphatic heterocycles. The number of rotatable bonds is 7. The minimum atomic E-state index is -1.47. The molecule has 0 N–H and O–H groups in total. The van der Waals surface area contributed by atoms with Crippen LogP contribution in [0.4, 0.5) is 0 Å². The van der Waals surface area contributed by atoms with Crippen LogP contribution in [-0.2, 0) is 37.1 Å². The number of hydrogen-bond acceptors (Lipinski definition) is 7. The lowest BCUT2D eigenvalue weighted by Crippen LogP contribution is -2.34. The van der Waals surface area contributed by atoms with Crippen molar-refractivity contribution in [2.45, 2.75) is 32.2 Å². The van der Waals surface area contributed by atoms with Crippen molar-refractivity contribution in [3.63, 3.8) is 0 Å². The van der Waals surface area contributed by atoms with Gasteiger partial charge in [-0.3, -0.25) is 19.4 Å². The molecular weight excluding hydrogens is 488 g/mol. The largest absolute Gasteiger partial charge is 0.460 e. The fraction of sp³-hybridized carbons (Fsp3) is 0.172. The first-order valence-corrected chi connectivity index (χ1v) is 12.0. The average molecular weight is 513 g/mol. The Morgan fingerprint density at radius 3 is 2.08 bits per heavy atom. The van der Waals surface area contributed by atoms with Crippen LogP contribution in [0.2, 0.25) is 0 Å². The number of fused-ring (bicyclic) bond motifs is 1. The molecule has 9 heteroatoms. The molecule has 0 bridgehead atoms. The van der Waals surface area contributed by atoms with Crippen LogP contribution in [0.25, 0.3) is 10.9 Å². The Balaban J connectivity index is 1.51. The van der Waals surface area contributed by atoms with Crippen LogP contribution >= 0.6 is 0 Å². The summed E-state index contributed by atoms with van der Waals surface area (Å²) < 4.78 is 12.3. The first-order chi connectivity index (χ1) is 18.4. The zero-order valence-electron chi connectivity index (χ0n) is 20.5. The topological polar surface area (TPSA) is 110 Å². The number of benzene rings is 3. The number of esters is 2. The van der Waals surface area contributed by atoms with E-state index in [0.29, 0.717) is 16.5 Å². The molecule has 1 aromatic heterocycles. The van der Waals surface area contributed by atoms with E-state index in [4.69, 9.17) is 14.3 Å². The Morgan fingerprint density at radius 2 is 1.45 bits per heavy atom. The maximum absolute atomic E-state index is 13.2. The fourth-order valence-corrected chi connectivity index (χ4v) is 4.49. The van der Waals surface area contributed by atoms with Crippen LogP contribution in [-0.4, -0.2) is 39.1 Å². The molecule has 192 valence electrons. The van der Waals surface area contributed by atoms with E-state index in [1.165, 1.54) is 17.7 Å². The zero-order valence-corrected chi connectivity index (χ0v) is 20.5. The van der Waals surface area contributed by atoms with Gasteiger partial charge in [0.15, 0.2) is 6.10 Å². The Kier molecular flexibility index (Phi) is 6.90. The third-order valence-corrected chi connectivity index (χ3v) is 6.30. The summed E-state index contributed by atoms with van der Waals surface area (Å²) >= 11 is 0. The number of hydrogen-bond donors (Lipinski definition) is 0. The van der Waals surface area contributed by atoms with Gasteiger partial charge in [-0.15, -0.1) is 0 Å². The van der Waals surface area contributed by atoms with Crippen molar-refractivity contribution in [1.29, 1.82) is 0 Å². The standard InChI is InChI=1S/C29H24N2O7/c1-19(32)30-16-23(22-14-8-9-15-24(22)30)25-26(28(33)36-17-20-10-4-2-5-11-20)31(35)38-27(25)29(34)37-18-21-12-6-3-7-13-21/h2-16,25,27H,17-18H2,1H3/t25-,27-/m0/s1. The molecular formula is C29H24N2O7. The van der Waals surface area contributed by atoms with Gasteiger partial charge >= 0.3 is 17.7 Å². The second kappa shape index (κ2) is 10.6. The molecule has 0 spiro atoms. The van der Waals surface area contributed by atoms with Gasteiger partial charge in [-0.1, -0.05) is 78.9 Å². The summed E-state index contributed by atoms with van der Waals surface area (Å²) in [5.41, 5.74) is 2.01. The van der Waals surface area contributed by atoms with E-state index in [0.717, 1.165) is 11.1 Å². The first kappa shape index (κ1) is 24.8. The predicted molar refractivity (Wildman–Crippen MR) is 137 cm³/mol. The molecule has 5 rings (SSSR count). The van der Waals surface area contributed by atoms with E-state index in [-0.39, 0.29) is 24.0 Å². The third-order valence-electron chi connectivity index (χ3n) is 6.30. The lowest BCUT2D eigenvalue weighted by molar-refractivity contribution is -0.736. The van der Waals surface area contributed by atoms with Gasteiger partial charge in [-0.05, 0) is 22.8 Å². The highest BCUT2D eigenvalue weighted by molar-refractivity contribution is 6.37. The smallest absolute Gasteiger partial charge is 0.406 e. The second-order valence-corrected chi connectivity index (χ2v) is 8.79. The maximum Gasteiger partial charge on any atom is 0.406 e. The van der Waals surface area contributed by atoms with Gasteiger partial charge in [0, 0.05) is 18.5 Å². The highest BCUT2D eigenvalue weighted by atomic mass is 16.9. The maximum atomic E-state index is 13.2. The molecule has 0 amide bonds. The highest BCUT2D eigenvalue weighted by Crippen LogP contribution is 2.36. The van der Waals surface area contributed by atoms with E-state index in [9.17, 15) is 19.6 Å². The number of aromatic nitrogens is 1. The number of para-hydroxylation sites is 1. The molecule has 4 aromatic rings. The molecule has 9 nitrogen and oxygen atoms in total. The summed E-state index contributed by atoms with van der Waals surface area (Å²) in [4.78, 5) is 44.2. The summed E-state index contributed by atoms with van der Waals surface area (Å²) in [6, 6.07) is 25.0. The molecule has 0 radical (unpaired) electrons. The molecule has 0 fully saturated rings. The van der Waals surface area contributed by atoms with Gasteiger partial charge in [0.25, 0.3) is 0 Å². The molecule has 38 heavy (non-hydrogen) atoms. The third kappa shape index (κ3) is 4.86. The number of nitrogens with zero attached hydrogens (tertiary/aromatic N) is 2. The van der Waals surface area contributed by atoms with E-state index >= 15 is 0 Å². The van der Waals surface area contributed by atoms with Crippen LogP contribution < -0.4 is 0 Å². The van der Waals surface area contributed by atoms with Gasteiger partial charge < -0.3 is 14.3 Å². The molecule has 2 heterocycles. The molecule has 0 unspecified atom stereocenters. The number of carbonyl (C=O) groups is 3. The lowest BCUT2D eigenvalue weighted by atomic mass is 9.89. The number of ether oxygens (including phenoxy) is 2. The van der Waals surface area contributed by atoms with E-state index in [1.54, 1.807) is 60.7 Å². The van der Waals surface area contributed by atoms with Gasteiger partial charge in [0.2, 0.25) is 5.91 Å². The molecule has 1 aliphatic rings. The molecule has 2 atom stereocenters. The molecule has 0 aliphatic carbocycles. The lowest BCUT2D eigenvalue weighted by Gasteiger charge is -2.17. The summed E-state index contributed by atoms with van der Waals surface area (Å²) in [6.45, 7) is 1.27. The molecule has 0 saturated heterocycles. The summed E-state index contributed by atoms with van der Waals surface area (Å²) in [5.74, 6) is -3.22. The van der Waals surface area contributed by atoms with Crippen LogP contribution in [0.15, 0.2) is 91.1 Å². The van der Waals surface area contributed by atoms with Crippen molar-refractivity contribution < 1.29 is 33.6 Å². The second-order valence-electron chi connectivity index (χ2n) is 8.79. The van der Waals surface area contributed by atoms with Crippen molar-refractivity contribution >= 4 is 34.5 Å². The fourth-order valence-electron chi connectivity index (χ4n) is 4.49. The molecule has 3 aromatic carbocycles.